The molecule has 1 amide bonds. The second-order valence-electron chi connectivity index (χ2n) is 9.04. The molecule has 0 radical (unpaired) electrons. The summed E-state index contributed by atoms with van der Waals surface area (Å²) in [6.07, 6.45) is 6.18. The zero-order valence-corrected chi connectivity index (χ0v) is 20.0. The first-order valence-corrected chi connectivity index (χ1v) is 13.5. The summed E-state index contributed by atoms with van der Waals surface area (Å²) < 4.78 is 33.5. The Bertz CT molecular complexity index is 1280. The van der Waals surface area contributed by atoms with E-state index in [-0.39, 0.29) is 17.2 Å². The number of carbonyl (C=O) groups is 1. The highest BCUT2D eigenvalue weighted by molar-refractivity contribution is 7.89. The van der Waals surface area contributed by atoms with Gasteiger partial charge in [0.2, 0.25) is 15.9 Å². The molecular weight excluding hydrogens is 452 g/mol. The molecule has 0 unspecified atom stereocenters. The zero-order chi connectivity index (χ0) is 23.5. The van der Waals surface area contributed by atoms with Crippen molar-refractivity contribution in [2.75, 3.05) is 36.4 Å². The fourth-order valence-electron chi connectivity index (χ4n) is 4.85. The zero-order valence-electron chi connectivity index (χ0n) is 19.2. The Morgan fingerprint density at radius 1 is 0.941 bits per heavy atom. The van der Waals surface area contributed by atoms with E-state index in [9.17, 15) is 13.2 Å². The smallest absolute Gasteiger partial charge is 0.243 e. The van der Waals surface area contributed by atoms with Gasteiger partial charge in [-0.25, -0.2) is 8.42 Å². The van der Waals surface area contributed by atoms with Crippen LogP contribution in [0.25, 0.3) is 11.0 Å². The monoisotopic (exact) mass is 482 g/mol. The van der Waals surface area contributed by atoms with Crippen LogP contribution in [0.3, 0.4) is 0 Å². The highest BCUT2D eigenvalue weighted by Gasteiger charge is 2.28. The van der Waals surface area contributed by atoms with Crippen LogP contribution in [0.15, 0.2) is 51.9 Å². The van der Waals surface area contributed by atoms with E-state index in [4.69, 9.17) is 4.52 Å². The van der Waals surface area contributed by atoms with Crippen molar-refractivity contribution in [1.82, 2.24) is 9.46 Å². The SMILES string of the molecule is O=C(Cc1noc2ccccc12)Nc1cc(S(=O)(=O)N2CCCCC2)ccc1N1CCCCC1. The lowest BCUT2D eigenvalue weighted by Crippen LogP contribution is -2.36. The van der Waals surface area contributed by atoms with Gasteiger partial charge in [0.15, 0.2) is 5.58 Å². The molecule has 2 saturated heterocycles. The topological polar surface area (TPSA) is 95.8 Å². The minimum absolute atomic E-state index is 0.0412. The molecule has 1 aromatic heterocycles. The van der Waals surface area contributed by atoms with Crippen LogP contribution in [0.4, 0.5) is 11.4 Å². The molecule has 0 saturated carbocycles. The molecule has 2 fully saturated rings. The van der Waals surface area contributed by atoms with Crippen LogP contribution in [0.5, 0.6) is 0 Å². The van der Waals surface area contributed by atoms with Gasteiger partial charge in [0.05, 0.1) is 22.7 Å². The number of fused-ring (bicyclic) bond motifs is 1. The predicted octanol–water partition coefficient (Wildman–Crippen LogP) is 4.17. The third kappa shape index (κ3) is 4.67. The van der Waals surface area contributed by atoms with Crippen molar-refractivity contribution in [3.63, 3.8) is 0 Å². The van der Waals surface area contributed by atoms with Gasteiger partial charge in [-0.15, -0.1) is 0 Å². The van der Waals surface area contributed by atoms with E-state index in [1.54, 1.807) is 16.4 Å². The number of amides is 1. The number of para-hydroxylation sites is 1. The van der Waals surface area contributed by atoms with Crippen molar-refractivity contribution in [3.8, 4) is 0 Å². The van der Waals surface area contributed by atoms with Gasteiger partial charge in [-0.1, -0.05) is 23.7 Å². The third-order valence-corrected chi connectivity index (χ3v) is 8.57. The third-order valence-electron chi connectivity index (χ3n) is 6.67. The van der Waals surface area contributed by atoms with E-state index < -0.39 is 10.0 Å². The molecule has 3 aromatic rings. The van der Waals surface area contributed by atoms with Crippen molar-refractivity contribution in [1.29, 1.82) is 0 Å². The van der Waals surface area contributed by atoms with Gasteiger partial charge in [-0.05, 0) is 62.4 Å². The fraction of sp³-hybridized carbons (Fsp3) is 0.440. The summed E-state index contributed by atoms with van der Waals surface area (Å²) in [5.41, 5.74) is 2.58. The molecule has 180 valence electrons. The number of nitrogens with one attached hydrogen (secondary N) is 1. The number of carbonyl (C=O) groups excluding carboxylic acids is 1. The lowest BCUT2D eigenvalue weighted by Gasteiger charge is -2.31. The second-order valence-corrected chi connectivity index (χ2v) is 11.0. The second kappa shape index (κ2) is 9.76. The number of hydrogen-bond donors (Lipinski definition) is 1. The lowest BCUT2D eigenvalue weighted by atomic mass is 10.1. The minimum Gasteiger partial charge on any atom is -0.370 e. The van der Waals surface area contributed by atoms with Crippen LogP contribution in [0, 0.1) is 0 Å². The Balaban J connectivity index is 1.44. The van der Waals surface area contributed by atoms with Crippen molar-refractivity contribution in [2.45, 2.75) is 49.8 Å². The van der Waals surface area contributed by atoms with Crippen molar-refractivity contribution < 1.29 is 17.7 Å². The summed E-state index contributed by atoms with van der Waals surface area (Å²) >= 11 is 0. The molecule has 2 aliphatic rings. The number of piperidine rings is 2. The van der Waals surface area contributed by atoms with Crippen LogP contribution in [0.2, 0.25) is 0 Å². The Morgan fingerprint density at radius 3 is 2.41 bits per heavy atom. The summed E-state index contributed by atoms with van der Waals surface area (Å²) in [6, 6.07) is 12.6. The molecule has 0 atom stereocenters. The Hall–Kier alpha value is -2.91. The summed E-state index contributed by atoms with van der Waals surface area (Å²) in [4.78, 5) is 15.5. The molecule has 3 heterocycles. The van der Waals surface area contributed by atoms with Gasteiger partial charge in [0.25, 0.3) is 0 Å². The maximum atomic E-state index is 13.3. The summed E-state index contributed by atoms with van der Waals surface area (Å²) in [6.45, 7) is 2.85. The Kier molecular flexibility index (Phi) is 6.56. The van der Waals surface area contributed by atoms with E-state index in [1.807, 2.05) is 30.3 Å². The molecule has 0 aliphatic carbocycles. The Morgan fingerprint density at radius 2 is 1.65 bits per heavy atom. The highest BCUT2D eigenvalue weighted by atomic mass is 32.2. The molecule has 8 nitrogen and oxygen atoms in total. The maximum absolute atomic E-state index is 13.3. The van der Waals surface area contributed by atoms with Gasteiger partial charge in [0.1, 0.15) is 5.69 Å². The molecule has 5 rings (SSSR count). The number of aromatic nitrogens is 1. The molecule has 0 bridgehead atoms. The van der Waals surface area contributed by atoms with Crippen LogP contribution in [-0.2, 0) is 21.2 Å². The average Bonchev–Trinajstić information content (AvgIpc) is 3.27. The molecule has 1 N–H and O–H groups in total. The molecule has 2 aliphatic heterocycles. The number of sulfonamides is 1. The quantitative estimate of drug-likeness (QED) is 0.566. The van der Waals surface area contributed by atoms with Crippen LogP contribution in [0.1, 0.15) is 44.2 Å². The van der Waals surface area contributed by atoms with Crippen LogP contribution >= 0.6 is 0 Å². The number of rotatable bonds is 6. The normalized spacial score (nSPS) is 17.7. The maximum Gasteiger partial charge on any atom is 0.243 e. The van der Waals surface area contributed by atoms with E-state index in [0.717, 1.165) is 56.3 Å². The van der Waals surface area contributed by atoms with Gasteiger partial charge < -0.3 is 14.7 Å². The van der Waals surface area contributed by atoms with E-state index in [0.29, 0.717) is 30.1 Å². The first kappa shape index (κ1) is 22.9. The van der Waals surface area contributed by atoms with Crippen molar-refractivity contribution >= 4 is 38.3 Å². The van der Waals surface area contributed by atoms with E-state index in [2.05, 4.69) is 15.4 Å². The number of nitrogens with zero attached hydrogens (tertiary/aromatic N) is 3. The summed E-state index contributed by atoms with van der Waals surface area (Å²) in [5.74, 6) is -0.259. The minimum atomic E-state index is -3.61. The van der Waals surface area contributed by atoms with Gasteiger partial charge in [-0.2, -0.15) is 4.31 Å². The molecule has 34 heavy (non-hydrogen) atoms. The lowest BCUT2D eigenvalue weighted by molar-refractivity contribution is -0.115. The van der Waals surface area contributed by atoms with Crippen LogP contribution in [-0.4, -0.2) is 50.0 Å². The van der Waals surface area contributed by atoms with E-state index in [1.165, 1.54) is 6.42 Å². The predicted molar refractivity (Wildman–Crippen MR) is 131 cm³/mol. The Labute approximate surface area is 199 Å². The molecule has 2 aromatic carbocycles. The average molecular weight is 483 g/mol. The van der Waals surface area contributed by atoms with Gasteiger partial charge >= 0.3 is 0 Å². The first-order chi connectivity index (χ1) is 16.5. The summed E-state index contributed by atoms with van der Waals surface area (Å²) in [5, 5.41) is 7.84. The van der Waals surface area contributed by atoms with Gasteiger partial charge in [0, 0.05) is 31.6 Å². The highest BCUT2D eigenvalue weighted by Crippen LogP contribution is 2.33. The molecule has 9 heteroatoms. The van der Waals surface area contributed by atoms with E-state index >= 15 is 0 Å². The number of anilines is 2. The van der Waals surface area contributed by atoms with Crippen molar-refractivity contribution in [3.05, 3.63) is 48.2 Å². The van der Waals surface area contributed by atoms with Crippen molar-refractivity contribution in [2.24, 2.45) is 0 Å². The number of benzene rings is 2. The molecular formula is C25H30N4O4S. The fourth-order valence-corrected chi connectivity index (χ4v) is 6.40. The number of hydrogen-bond acceptors (Lipinski definition) is 6. The van der Waals surface area contributed by atoms with Crippen LogP contribution < -0.4 is 10.2 Å². The standard InChI is InChI=1S/C25H30N4O4S/c30-25(18-21-20-9-3-4-10-24(20)33-27-21)26-22-17-19(34(31,32)29-15-7-2-8-16-29)11-12-23(22)28-13-5-1-6-14-28/h3-4,9-12,17H,1-2,5-8,13-16,18H2,(H,26,30). The summed E-state index contributed by atoms with van der Waals surface area (Å²) in [7, 11) is -3.61. The molecule has 0 spiro atoms. The van der Waals surface area contributed by atoms with Gasteiger partial charge in [-0.3, -0.25) is 4.79 Å². The largest absolute Gasteiger partial charge is 0.370 e. The first-order valence-electron chi connectivity index (χ1n) is 12.0.